The lowest BCUT2D eigenvalue weighted by atomic mass is 10.00. The van der Waals surface area contributed by atoms with Crippen LogP contribution in [0.25, 0.3) is 0 Å². The normalized spacial score (nSPS) is 17.6. The lowest BCUT2D eigenvalue weighted by Crippen LogP contribution is -2.47. The summed E-state index contributed by atoms with van der Waals surface area (Å²) in [5.41, 5.74) is 4.28. The quantitative estimate of drug-likeness (QED) is 0.327. The number of hydrogen-bond donors (Lipinski definition) is 0. The fourth-order valence-corrected chi connectivity index (χ4v) is 5.76. The first-order valence-electron chi connectivity index (χ1n) is 15.4. The molecule has 2 aliphatic heterocycles. The Morgan fingerprint density at radius 3 is 2.26 bits per heavy atom. The van der Waals surface area contributed by atoms with Crippen LogP contribution >= 0.6 is 0 Å². The van der Waals surface area contributed by atoms with Gasteiger partial charge in [0.05, 0.1) is 0 Å². The molecule has 214 valence electrons. The largest absolute Gasteiger partial charge is 0.369 e. The van der Waals surface area contributed by atoms with E-state index in [1.807, 2.05) is 12.3 Å². The van der Waals surface area contributed by atoms with E-state index in [1.165, 1.54) is 42.5 Å². The van der Waals surface area contributed by atoms with Gasteiger partial charge in [0.15, 0.2) is 0 Å². The molecule has 1 aromatic heterocycles. The van der Waals surface area contributed by atoms with E-state index in [0.717, 1.165) is 71.0 Å². The number of hydrogen-bond acceptors (Lipinski definition) is 5. The van der Waals surface area contributed by atoms with E-state index < -0.39 is 0 Å². The highest BCUT2D eigenvalue weighted by Crippen LogP contribution is 2.24. The topological polar surface area (TPSA) is 42.9 Å². The van der Waals surface area contributed by atoms with Gasteiger partial charge in [0.25, 0.3) is 5.91 Å². The molecule has 0 unspecified atom stereocenters. The average molecular weight is 534 g/mol. The van der Waals surface area contributed by atoms with Gasteiger partial charge in [-0.15, -0.1) is 0 Å². The number of likely N-dealkylation sites (N-methyl/N-ethyl adjacent to an activating group) is 1. The second-order valence-electron chi connectivity index (χ2n) is 12.2. The van der Waals surface area contributed by atoms with Crippen molar-refractivity contribution >= 4 is 11.6 Å². The molecule has 4 rings (SSSR count). The summed E-state index contributed by atoms with van der Waals surface area (Å²) in [5, 5.41) is 0. The van der Waals surface area contributed by atoms with Crippen LogP contribution in [0.1, 0.15) is 80.9 Å². The fourth-order valence-electron chi connectivity index (χ4n) is 5.76. The molecule has 1 aromatic carbocycles. The monoisotopic (exact) mass is 533 g/mol. The summed E-state index contributed by atoms with van der Waals surface area (Å²) in [5.74, 6) is 0.796. The molecule has 3 heterocycles. The maximum atomic E-state index is 13.9. The number of piperidine rings is 1. The number of rotatable bonds is 12. The van der Waals surface area contributed by atoms with Crippen molar-refractivity contribution in [3.8, 4) is 0 Å². The Kier molecular flexibility index (Phi) is 11.2. The van der Waals surface area contributed by atoms with Gasteiger partial charge in [-0.2, -0.15) is 0 Å². The van der Waals surface area contributed by atoms with E-state index in [2.05, 4.69) is 82.7 Å². The number of nitrogens with zero attached hydrogens (tertiary/aromatic N) is 5. The molecule has 0 saturated carbocycles. The van der Waals surface area contributed by atoms with Crippen molar-refractivity contribution < 1.29 is 4.79 Å². The highest BCUT2D eigenvalue weighted by atomic mass is 16.2. The number of pyridine rings is 1. The molecule has 0 radical (unpaired) electrons. The van der Waals surface area contributed by atoms with Crippen molar-refractivity contribution in [3.63, 3.8) is 0 Å². The molecule has 1 amide bonds. The maximum absolute atomic E-state index is 13.9. The van der Waals surface area contributed by atoms with Gasteiger partial charge in [-0.1, -0.05) is 51.8 Å². The van der Waals surface area contributed by atoms with Gasteiger partial charge < -0.3 is 19.6 Å². The van der Waals surface area contributed by atoms with Crippen LogP contribution in [-0.4, -0.2) is 84.5 Å². The maximum Gasteiger partial charge on any atom is 0.272 e. The van der Waals surface area contributed by atoms with E-state index in [-0.39, 0.29) is 11.9 Å². The number of aryl methyl sites for hydroxylation is 1. The number of benzene rings is 1. The first kappa shape index (κ1) is 29.5. The molecule has 2 aromatic rings. The summed E-state index contributed by atoms with van der Waals surface area (Å²) in [6.07, 6.45) is 9.87. The zero-order chi connectivity index (χ0) is 27.6. The summed E-state index contributed by atoms with van der Waals surface area (Å²) < 4.78 is 0. The van der Waals surface area contributed by atoms with E-state index in [0.29, 0.717) is 12.2 Å². The molecule has 6 heteroatoms. The van der Waals surface area contributed by atoms with E-state index >= 15 is 0 Å². The summed E-state index contributed by atoms with van der Waals surface area (Å²) >= 11 is 0. The van der Waals surface area contributed by atoms with Gasteiger partial charge in [-0.25, -0.2) is 0 Å². The lowest BCUT2D eigenvalue weighted by molar-refractivity contribution is 0.0540. The zero-order valence-electron chi connectivity index (χ0n) is 24.9. The van der Waals surface area contributed by atoms with Crippen molar-refractivity contribution in [2.24, 2.45) is 5.92 Å². The first-order valence-corrected chi connectivity index (χ1v) is 15.4. The second kappa shape index (κ2) is 14.8. The smallest absolute Gasteiger partial charge is 0.272 e. The second-order valence-corrected chi connectivity index (χ2v) is 12.2. The molecule has 0 atom stereocenters. The molecule has 6 nitrogen and oxygen atoms in total. The van der Waals surface area contributed by atoms with Crippen molar-refractivity contribution in [2.45, 2.75) is 78.3 Å². The zero-order valence-corrected chi connectivity index (χ0v) is 24.9. The van der Waals surface area contributed by atoms with Crippen LogP contribution in [0.4, 0.5) is 5.69 Å². The minimum atomic E-state index is 0.0684. The van der Waals surface area contributed by atoms with Gasteiger partial charge in [-0.3, -0.25) is 9.78 Å². The number of likely N-dealkylation sites (tertiary alicyclic amines) is 1. The third-order valence-corrected chi connectivity index (χ3v) is 8.55. The number of carbonyl (C=O) groups excluding carboxylic acids is 1. The van der Waals surface area contributed by atoms with E-state index in [9.17, 15) is 4.79 Å². The van der Waals surface area contributed by atoms with Gasteiger partial charge in [0.2, 0.25) is 0 Å². The first-order chi connectivity index (χ1) is 18.9. The van der Waals surface area contributed by atoms with Crippen molar-refractivity contribution in [2.75, 3.05) is 57.8 Å². The highest BCUT2D eigenvalue weighted by molar-refractivity contribution is 5.92. The molecule has 0 N–H and O–H groups in total. The van der Waals surface area contributed by atoms with Crippen molar-refractivity contribution in [1.82, 2.24) is 19.7 Å². The molecule has 0 aliphatic carbocycles. The number of anilines is 1. The molecule has 2 aliphatic rings. The van der Waals surface area contributed by atoms with Crippen LogP contribution in [0.15, 0.2) is 42.6 Å². The van der Waals surface area contributed by atoms with Gasteiger partial charge in [0.1, 0.15) is 5.69 Å². The number of carbonyl (C=O) groups is 1. The summed E-state index contributed by atoms with van der Waals surface area (Å²) in [6, 6.07) is 13.2. The van der Waals surface area contributed by atoms with Crippen LogP contribution < -0.4 is 4.90 Å². The van der Waals surface area contributed by atoms with E-state index in [1.54, 1.807) is 0 Å². The molecule has 0 spiro atoms. The van der Waals surface area contributed by atoms with Crippen LogP contribution in [-0.2, 0) is 13.0 Å². The standard InChI is InChI=1S/C33H51N5O/c1-5-6-7-8-28-11-14-32(34-25-28)33(39)38(31-16-19-36(20-17-31)18-15-27(2)3)26-29-9-12-30(13-10-29)37-23-21-35(4)22-24-37/h9-14,25,27,31H,5-8,15-24,26H2,1-4H3. The SMILES string of the molecule is CCCCCc1ccc(C(=O)N(Cc2ccc(N3CCN(C)CC3)cc2)C2CCN(CCC(C)C)CC2)nc1. The Morgan fingerprint density at radius 1 is 0.949 bits per heavy atom. The third kappa shape index (κ3) is 8.77. The Balaban J connectivity index is 1.45. The highest BCUT2D eigenvalue weighted by Gasteiger charge is 2.29. The number of piperazine rings is 1. The molecule has 2 fully saturated rings. The van der Waals surface area contributed by atoms with Crippen LogP contribution in [0.2, 0.25) is 0 Å². The summed E-state index contributed by atoms with van der Waals surface area (Å²) in [6.45, 7) is 15.1. The minimum Gasteiger partial charge on any atom is -0.369 e. The summed E-state index contributed by atoms with van der Waals surface area (Å²) in [4.78, 5) is 28.1. The molecular weight excluding hydrogens is 482 g/mol. The number of aromatic nitrogens is 1. The fraction of sp³-hybridized carbons (Fsp3) is 0.636. The average Bonchev–Trinajstić information content (AvgIpc) is 2.96. The molecule has 2 saturated heterocycles. The molecule has 0 bridgehead atoms. The lowest BCUT2D eigenvalue weighted by Gasteiger charge is -2.39. The van der Waals surface area contributed by atoms with Gasteiger partial charge >= 0.3 is 0 Å². The predicted molar refractivity (Wildman–Crippen MR) is 162 cm³/mol. The Hall–Kier alpha value is -2.44. The Bertz CT molecular complexity index is 990. The number of amides is 1. The van der Waals surface area contributed by atoms with Crippen molar-refractivity contribution in [1.29, 1.82) is 0 Å². The third-order valence-electron chi connectivity index (χ3n) is 8.55. The van der Waals surface area contributed by atoms with Gasteiger partial charge in [-0.05, 0) is 80.9 Å². The van der Waals surface area contributed by atoms with E-state index in [4.69, 9.17) is 0 Å². The minimum absolute atomic E-state index is 0.0684. The Morgan fingerprint density at radius 2 is 1.64 bits per heavy atom. The van der Waals surface area contributed by atoms with Crippen LogP contribution in [0, 0.1) is 5.92 Å². The molecular formula is C33H51N5O. The Labute approximate surface area is 237 Å². The van der Waals surface area contributed by atoms with Crippen LogP contribution in [0.5, 0.6) is 0 Å². The van der Waals surface area contributed by atoms with Gasteiger partial charge in [0, 0.05) is 63.7 Å². The summed E-state index contributed by atoms with van der Waals surface area (Å²) in [7, 11) is 2.19. The van der Waals surface area contributed by atoms with Crippen molar-refractivity contribution in [3.05, 3.63) is 59.4 Å². The molecule has 39 heavy (non-hydrogen) atoms. The predicted octanol–water partition coefficient (Wildman–Crippen LogP) is 5.72. The van der Waals surface area contributed by atoms with Crippen LogP contribution in [0.3, 0.4) is 0 Å². The number of unbranched alkanes of at least 4 members (excludes halogenated alkanes) is 2.